The van der Waals surface area contributed by atoms with Crippen LogP contribution >= 0.6 is 0 Å². The largest absolute Gasteiger partial charge is 0.481 e. The number of aliphatic carboxylic acids is 1. The second kappa shape index (κ2) is 5.65. The maximum atomic E-state index is 11.7. The van der Waals surface area contributed by atoms with Gasteiger partial charge in [-0.05, 0) is 12.1 Å². The van der Waals surface area contributed by atoms with Gasteiger partial charge in [0.2, 0.25) is 0 Å². The zero-order valence-corrected chi connectivity index (χ0v) is 8.64. The van der Waals surface area contributed by atoms with Crippen molar-refractivity contribution in [3.63, 3.8) is 0 Å². The molecule has 0 fully saturated rings. The highest BCUT2D eigenvalue weighted by Crippen LogP contribution is 2.17. The Bertz CT molecular complexity index is 415. The summed E-state index contributed by atoms with van der Waals surface area (Å²) in [6, 6.07) is 6.77. The number of hydrazone groups is 1. The van der Waals surface area contributed by atoms with Crippen LogP contribution in [0.5, 0.6) is 0 Å². The third-order valence-corrected chi connectivity index (χ3v) is 1.99. The molecule has 0 saturated heterocycles. The first-order chi connectivity index (χ1) is 7.65. The number of hydrogen-bond acceptors (Lipinski definition) is 4. The Balaban J connectivity index is 2.81. The highest BCUT2D eigenvalue weighted by Gasteiger charge is 2.11. The van der Waals surface area contributed by atoms with E-state index < -0.39 is 5.97 Å². The van der Waals surface area contributed by atoms with Crippen molar-refractivity contribution in [2.45, 2.75) is 12.8 Å². The molecule has 0 aromatic heterocycles. The number of anilines is 1. The normalized spacial score (nSPS) is 9.50. The number of nitrogens with one attached hydrogen (secondary N) is 1. The molecule has 0 heterocycles. The Morgan fingerprint density at radius 1 is 1.31 bits per heavy atom. The highest BCUT2D eigenvalue weighted by molar-refractivity contribution is 6.02. The van der Waals surface area contributed by atoms with Gasteiger partial charge in [0.15, 0.2) is 5.78 Å². The van der Waals surface area contributed by atoms with Gasteiger partial charge in [-0.15, -0.1) is 0 Å². The predicted octanol–water partition coefficient (Wildman–Crippen LogP) is 1.76. The molecule has 0 aliphatic carbocycles. The number of carboxylic acid groups (broad SMARTS) is 1. The molecule has 1 aromatic carbocycles. The maximum absolute atomic E-state index is 11.7. The summed E-state index contributed by atoms with van der Waals surface area (Å²) in [4.78, 5) is 22.0. The number of benzene rings is 1. The topological polar surface area (TPSA) is 78.8 Å². The number of Topliss-reactive ketones (excluding diaryl/α,β-unsaturated/α-hetero) is 1. The number of para-hydroxylation sites is 1. The molecule has 5 heteroatoms. The zero-order chi connectivity index (χ0) is 12.0. The summed E-state index contributed by atoms with van der Waals surface area (Å²) < 4.78 is 0. The average Bonchev–Trinajstić information content (AvgIpc) is 2.27. The first-order valence-electron chi connectivity index (χ1n) is 4.71. The lowest BCUT2D eigenvalue weighted by atomic mass is 10.0. The molecular formula is C11H12N2O3. The Morgan fingerprint density at radius 3 is 2.62 bits per heavy atom. The molecule has 84 valence electrons. The smallest absolute Gasteiger partial charge is 0.303 e. The molecule has 0 bridgehead atoms. The fraction of sp³-hybridized carbons (Fsp3) is 0.182. The molecule has 0 atom stereocenters. The molecule has 1 rings (SSSR count). The van der Waals surface area contributed by atoms with E-state index in [0.717, 1.165) is 0 Å². The van der Waals surface area contributed by atoms with Crippen LogP contribution in [0.4, 0.5) is 5.69 Å². The number of carboxylic acids is 1. The Hall–Kier alpha value is -2.17. The molecule has 0 aliphatic rings. The van der Waals surface area contributed by atoms with E-state index in [1.807, 2.05) is 0 Å². The summed E-state index contributed by atoms with van der Waals surface area (Å²) in [5.74, 6) is -1.21. The van der Waals surface area contributed by atoms with E-state index >= 15 is 0 Å². The van der Waals surface area contributed by atoms with Crippen LogP contribution in [0.2, 0.25) is 0 Å². The minimum Gasteiger partial charge on any atom is -0.481 e. The average molecular weight is 220 g/mol. The van der Waals surface area contributed by atoms with Crippen molar-refractivity contribution in [3.8, 4) is 0 Å². The standard InChI is InChI=1S/C11H12N2O3/c1-12-13-9-5-3-2-4-8(9)10(14)6-7-11(15)16/h2-5,13H,1,6-7H2,(H,15,16). The van der Waals surface area contributed by atoms with Gasteiger partial charge in [0.25, 0.3) is 0 Å². The van der Waals surface area contributed by atoms with Crippen LogP contribution in [-0.4, -0.2) is 23.6 Å². The number of carbonyl (C=O) groups excluding carboxylic acids is 1. The number of rotatable bonds is 6. The van der Waals surface area contributed by atoms with E-state index in [4.69, 9.17) is 5.11 Å². The number of nitrogens with zero attached hydrogens (tertiary/aromatic N) is 1. The maximum Gasteiger partial charge on any atom is 0.303 e. The van der Waals surface area contributed by atoms with Gasteiger partial charge in [-0.1, -0.05) is 12.1 Å². The fourth-order valence-corrected chi connectivity index (χ4v) is 1.26. The van der Waals surface area contributed by atoms with Gasteiger partial charge in [-0.25, -0.2) is 0 Å². The van der Waals surface area contributed by atoms with Crippen LogP contribution in [-0.2, 0) is 4.79 Å². The summed E-state index contributed by atoms with van der Waals surface area (Å²) in [6.45, 7) is 3.26. The van der Waals surface area contributed by atoms with Crippen molar-refractivity contribution in [2.24, 2.45) is 5.10 Å². The SMILES string of the molecule is C=NNc1ccccc1C(=O)CCC(=O)O. The lowest BCUT2D eigenvalue weighted by Crippen LogP contribution is -2.06. The molecule has 0 amide bonds. The van der Waals surface area contributed by atoms with Crippen LogP contribution in [0.1, 0.15) is 23.2 Å². The summed E-state index contributed by atoms with van der Waals surface area (Å²) >= 11 is 0. The van der Waals surface area contributed by atoms with Crippen LogP contribution in [0.3, 0.4) is 0 Å². The monoisotopic (exact) mass is 220 g/mol. The molecule has 1 aromatic rings. The first kappa shape index (κ1) is 11.9. The van der Waals surface area contributed by atoms with Crippen molar-refractivity contribution in [1.82, 2.24) is 0 Å². The summed E-state index contributed by atoms with van der Waals surface area (Å²) in [7, 11) is 0. The Labute approximate surface area is 92.8 Å². The van der Waals surface area contributed by atoms with Gasteiger partial charge in [-0.3, -0.25) is 15.0 Å². The van der Waals surface area contributed by atoms with E-state index in [9.17, 15) is 9.59 Å². The molecule has 0 radical (unpaired) electrons. The van der Waals surface area contributed by atoms with E-state index in [1.165, 1.54) is 0 Å². The second-order valence-electron chi connectivity index (χ2n) is 3.13. The zero-order valence-electron chi connectivity index (χ0n) is 8.64. The van der Waals surface area contributed by atoms with Gasteiger partial charge in [0, 0.05) is 18.7 Å². The molecule has 0 saturated carbocycles. The fourth-order valence-electron chi connectivity index (χ4n) is 1.26. The number of ketones is 1. The molecular weight excluding hydrogens is 208 g/mol. The van der Waals surface area contributed by atoms with E-state index in [2.05, 4.69) is 17.2 Å². The van der Waals surface area contributed by atoms with Gasteiger partial charge in [0.05, 0.1) is 12.1 Å². The molecule has 0 unspecified atom stereocenters. The lowest BCUT2D eigenvalue weighted by molar-refractivity contribution is -0.136. The summed E-state index contributed by atoms with van der Waals surface area (Å²) in [5, 5.41) is 12.0. The van der Waals surface area contributed by atoms with Crippen molar-refractivity contribution in [1.29, 1.82) is 0 Å². The van der Waals surface area contributed by atoms with E-state index in [0.29, 0.717) is 11.3 Å². The number of carbonyl (C=O) groups is 2. The number of hydrogen-bond donors (Lipinski definition) is 2. The summed E-state index contributed by atoms with van der Waals surface area (Å²) in [6.07, 6.45) is -0.195. The molecule has 2 N–H and O–H groups in total. The minimum atomic E-state index is -0.986. The van der Waals surface area contributed by atoms with Gasteiger partial charge >= 0.3 is 5.97 Å². The van der Waals surface area contributed by atoms with Crippen molar-refractivity contribution in [3.05, 3.63) is 29.8 Å². The molecule has 16 heavy (non-hydrogen) atoms. The van der Waals surface area contributed by atoms with Crippen LogP contribution in [0.15, 0.2) is 29.4 Å². The first-order valence-corrected chi connectivity index (χ1v) is 4.71. The summed E-state index contributed by atoms with van der Waals surface area (Å²) in [5.41, 5.74) is 3.55. The predicted molar refractivity (Wildman–Crippen MR) is 60.8 cm³/mol. The van der Waals surface area contributed by atoms with Crippen molar-refractivity contribution in [2.75, 3.05) is 5.43 Å². The van der Waals surface area contributed by atoms with Crippen LogP contribution < -0.4 is 5.43 Å². The van der Waals surface area contributed by atoms with Crippen molar-refractivity contribution >= 4 is 24.2 Å². The quantitative estimate of drug-likeness (QED) is 0.435. The van der Waals surface area contributed by atoms with E-state index in [1.54, 1.807) is 24.3 Å². The highest BCUT2D eigenvalue weighted by atomic mass is 16.4. The molecule has 5 nitrogen and oxygen atoms in total. The van der Waals surface area contributed by atoms with Gasteiger partial charge in [-0.2, -0.15) is 5.10 Å². The Kier molecular flexibility index (Phi) is 4.20. The van der Waals surface area contributed by atoms with Gasteiger partial charge in [0.1, 0.15) is 0 Å². The molecule has 0 aliphatic heterocycles. The van der Waals surface area contributed by atoms with E-state index in [-0.39, 0.29) is 18.6 Å². The van der Waals surface area contributed by atoms with Crippen molar-refractivity contribution < 1.29 is 14.7 Å². The lowest BCUT2D eigenvalue weighted by Gasteiger charge is -2.06. The Morgan fingerprint density at radius 2 is 2.00 bits per heavy atom. The minimum absolute atomic E-state index is 0.0226. The molecule has 0 spiro atoms. The second-order valence-corrected chi connectivity index (χ2v) is 3.13. The third kappa shape index (κ3) is 3.20. The van der Waals surface area contributed by atoms with Crippen LogP contribution in [0.25, 0.3) is 0 Å². The van der Waals surface area contributed by atoms with Gasteiger partial charge < -0.3 is 5.11 Å². The van der Waals surface area contributed by atoms with Crippen LogP contribution in [0, 0.1) is 0 Å². The third-order valence-electron chi connectivity index (χ3n) is 1.99.